The lowest BCUT2D eigenvalue weighted by Gasteiger charge is -2.19. The number of aromatic nitrogens is 1. The third-order valence-electron chi connectivity index (χ3n) is 5.33. The van der Waals surface area contributed by atoms with Gasteiger partial charge in [-0.1, -0.05) is 42.5 Å². The number of esters is 1. The summed E-state index contributed by atoms with van der Waals surface area (Å²) < 4.78 is 5.50. The van der Waals surface area contributed by atoms with E-state index in [9.17, 15) is 9.90 Å². The first-order valence-electron chi connectivity index (χ1n) is 10.7. The molecule has 5 nitrogen and oxygen atoms in total. The minimum absolute atomic E-state index is 0.00224. The number of rotatable bonds is 5. The number of aliphatic hydroxyl groups is 1. The van der Waals surface area contributed by atoms with Gasteiger partial charge in [-0.15, -0.1) is 0 Å². The van der Waals surface area contributed by atoms with Crippen molar-refractivity contribution in [3.63, 3.8) is 0 Å². The van der Waals surface area contributed by atoms with Gasteiger partial charge in [-0.05, 0) is 55.5 Å². The van der Waals surface area contributed by atoms with Crippen LogP contribution in [-0.4, -0.2) is 28.7 Å². The number of nitrogens with one attached hydrogen (secondary N) is 1. The molecular formula is C27H28N2O3. The summed E-state index contributed by atoms with van der Waals surface area (Å²) >= 11 is 0. The van der Waals surface area contributed by atoms with Crippen LogP contribution in [0, 0.1) is 0 Å². The first kappa shape index (κ1) is 21.8. The molecule has 1 aromatic heterocycles. The van der Waals surface area contributed by atoms with Gasteiger partial charge in [0.05, 0.1) is 24.2 Å². The zero-order chi connectivity index (χ0) is 22.9. The Morgan fingerprint density at radius 2 is 1.62 bits per heavy atom. The molecule has 0 aliphatic heterocycles. The van der Waals surface area contributed by atoms with Crippen LogP contribution in [0.4, 0.5) is 5.69 Å². The summed E-state index contributed by atoms with van der Waals surface area (Å²) in [5.41, 5.74) is 4.90. The molecule has 0 aliphatic carbocycles. The van der Waals surface area contributed by atoms with Crippen molar-refractivity contribution in [2.45, 2.75) is 39.4 Å². The van der Waals surface area contributed by atoms with E-state index in [0.717, 1.165) is 49.7 Å². The molecule has 0 saturated carbocycles. The van der Waals surface area contributed by atoms with Gasteiger partial charge in [-0.25, -0.2) is 4.98 Å². The van der Waals surface area contributed by atoms with E-state index in [1.54, 1.807) is 0 Å². The summed E-state index contributed by atoms with van der Waals surface area (Å²) in [4.78, 5) is 17.4. The maximum absolute atomic E-state index is 12.4. The topological polar surface area (TPSA) is 71.5 Å². The van der Waals surface area contributed by atoms with Gasteiger partial charge in [0.2, 0.25) is 0 Å². The molecule has 0 radical (unpaired) electrons. The predicted octanol–water partition coefficient (Wildman–Crippen LogP) is 5.47. The van der Waals surface area contributed by atoms with Crippen molar-refractivity contribution >= 4 is 33.3 Å². The minimum atomic E-state index is -0.518. The van der Waals surface area contributed by atoms with Crippen molar-refractivity contribution in [2.24, 2.45) is 0 Å². The van der Waals surface area contributed by atoms with E-state index < -0.39 is 5.60 Å². The van der Waals surface area contributed by atoms with Crippen LogP contribution in [0.15, 0.2) is 60.7 Å². The number of pyridine rings is 1. The van der Waals surface area contributed by atoms with Crippen molar-refractivity contribution in [3.05, 3.63) is 71.8 Å². The van der Waals surface area contributed by atoms with E-state index >= 15 is 0 Å². The van der Waals surface area contributed by atoms with E-state index in [1.165, 1.54) is 0 Å². The van der Waals surface area contributed by atoms with Crippen LogP contribution >= 0.6 is 0 Å². The first-order chi connectivity index (χ1) is 15.3. The Morgan fingerprint density at radius 3 is 2.28 bits per heavy atom. The molecule has 0 aliphatic rings. The highest BCUT2D eigenvalue weighted by atomic mass is 16.6. The Labute approximate surface area is 188 Å². The fourth-order valence-electron chi connectivity index (χ4n) is 3.85. The molecule has 0 unspecified atom stereocenters. The highest BCUT2D eigenvalue weighted by Crippen LogP contribution is 2.34. The molecule has 5 heteroatoms. The van der Waals surface area contributed by atoms with Crippen LogP contribution < -0.4 is 5.32 Å². The highest BCUT2D eigenvalue weighted by molar-refractivity contribution is 6.11. The molecule has 0 saturated heterocycles. The largest absolute Gasteiger partial charge is 0.460 e. The van der Waals surface area contributed by atoms with Crippen LogP contribution in [0.5, 0.6) is 0 Å². The molecule has 1 heterocycles. The second-order valence-electron chi connectivity index (χ2n) is 8.94. The zero-order valence-corrected chi connectivity index (χ0v) is 18.9. The van der Waals surface area contributed by atoms with Crippen LogP contribution in [0.2, 0.25) is 0 Å². The fourth-order valence-corrected chi connectivity index (χ4v) is 3.85. The lowest BCUT2D eigenvalue weighted by atomic mass is 9.96. The van der Waals surface area contributed by atoms with Gasteiger partial charge < -0.3 is 15.2 Å². The van der Waals surface area contributed by atoms with E-state index in [1.807, 2.05) is 76.3 Å². The van der Waals surface area contributed by atoms with Crippen molar-refractivity contribution in [2.75, 3.05) is 12.4 Å². The number of anilines is 1. The second-order valence-corrected chi connectivity index (χ2v) is 8.94. The summed E-state index contributed by atoms with van der Waals surface area (Å²) in [6.07, 6.45) is 0.201. The molecule has 0 spiro atoms. The zero-order valence-electron chi connectivity index (χ0n) is 18.9. The average Bonchev–Trinajstić information content (AvgIpc) is 2.76. The molecule has 2 N–H and O–H groups in total. The smallest absolute Gasteiger partial charge is 0.310 e. The van der Waals surface area contributed by atoms with Gasteiger partial charge in [0.25, 0.3) is 0 Å². The number of hydrogen-bond acceptors (Lipinski definition) is 5. The Balaban J connectivity index is 1.88. The number of nitrogens with zero attached hydrogens (tertiary/aromatic N) is 1. The van der Waals surface area contributed by atoms with Crippen LogP contribution in [0.25, 0.3) is 32.9 Å². The van der Waals surface area contributed by atoms with Gasteiger partial charge in [0.1, 0.15) is 5.60 Å². The number of hydrogen-bond donors (Lipinski definition) is 2. The van der Waals surface area contributed by atoms with Crippen molar-refractivity contribution in [1.82, 2.24) is 4.98 Å². The maximum atomic E-state index is 12.4. The molecule has 0 atom stereocenters. The average molecular weight is 429 g/mol. The van der Waals surface area contributed by atoms with Gasteiger partial charge in [0, 0.05) is 29.1 Å². The van der Waals surface area contributed by atoms with E-state index in [0.29, 0.717) is 0 Å². The second kappa shape index (κ2) is 8.60. The molecule has 4 rings (SSSR count). The maximum Gasteiger partial charge on any atom is 0.310 e. The SMILES string of the molecule is CNc1ccc2c(c1)nc(-c1ccc(CO)cc1)c1cc(CC(=O)OC(C)(C)C)ccc12. The van der Waals surface area contributed by atoms with Gasteiger partial charge in [-0.2, -0.15) is 0 Å². The minimum Gasteiger partial charge on any atom is -0.460 e. The number of benzene rings is 3. The molecule has 32 heavy (non-hydrogen) atoms. The van der Waals surface area contributed by atoms with Crippen LogP contribution in [0.3, 0.4) is 0 Å². The lowest BCUT2D eigenvalue weighted by Crippen LogP contribution is -2.24. The summed E-state index contributed by atoms with van der Waals surface area (Å²) in [5, 5.41) is 15.7. The molecule has 3 aromatic carbocycles. The molecular weight excluding hydrogens is 400 g/mol. The molecule has 164 valence electrons. The monoisotopic (exact) mass is 428 g/mol. The number of carbonyl (C=O) groups is 1. The normalized spacial score (nSPS) is 11.7. The van der Waals surface area contributed by atoms with E-state index in [-0.39, 0.29) is 19.0 Å². The Hall–Kier alpha value is -3.44. The molecule has 0 amide bonds. The number of carbonyl (C=O) groups excluding carboxylic acids is 1. The number of fused-ring (bicyclic) bond motifs is 3. The summed E-state index contributed by atoms with van der Waals surface area (Å²) in [7, 11) is 1.89. The Morgan fingerprint density at radius 1 is 0.938 bits per heavy atom. The lowest BCUT2D eigenvalue weighted by molar-refractivity contribution is -0.153. The Bertz CT molecular complexity index is 1290. The number of ether oxygens (including phenoxy) is 1. The molecule has 0 bridgehead atoms. The standard InChI is InChI=1S/C27H28N2O3/c1-27(2,3)32-25(31)14-18-7-11-21-22-12-10-20(28-4)15-24(22)29-26(23(21)13-18)19-8-5-17(16-30)6-9-19/h5-13,15,28,30H,14,16H2,1-4H3. The van der Waals surface area contributed by atoms with Crippen molar-refractivity contribution in [1.29, 1.82) is 0 Å². The quantitative estimate of drug-likeness (QED) is 0.326. The molecule has 0 fully saturated rings. The van der Waals surface area contributed by atoms with Crippen LogP contribution in [0.1, 0.15) is 31.9 Å². The van der Waals surface area contributed by atoms with Crippen molar-refractivity contribution in [3.8, 4) is 11.3 Å². The van der Waals surface area contributed by atoms with Crippen LogP contribution in [-0.2, 0) is 22.6 Å². The fraction of sp³-hybridized carbons (Fsp3) is 0.259. The first-order valence-corrected chi connectivity index (χ1v) is 10.7. The van der Waals surface area contributed by atoms with E-state index in [4.69, 9.17) is 9.72 Å². The van der Waals surface area contributed by atoms with Gasteiger partial charge in [0.15, 0.2) is 0 Å². The van der Waals surface area contributed by atoms with Gasteiger partial charge in [-0.3, -0.25) is 4.79 Å². The summed E-state index contributed by atoms with van der Waals surface area (Å²) in [5.74, 6) is -0.252. The third kappa shape index (κ3) is 4.58. The van der Waals surface area contributed by atoms with Crippen molar-refractivity contribution < 1.29 is 14.6 Å². The third-order valence-corrected chi connectivity index (χ3v) is 5.33. The predicted molar refractivity (Wildman–Crippen MR) is 130 cm³/mol. The molecule has 4 aromatic rings. The highest BCUT2D eigenvalue weighted by Gasteiger charge is 2.18. The van der Waals surface area contributed by atoms with Gasteiger partial charge >= 0.3 is 5.97 Å². The van der Waals surface area contributed by atoms with E-state index in [2.05, 4.69) is 17.4 Å². The number of aliphatic hydroxyl groups excluding tert-OH is 1. The summed E-state index contributed by atoms with van der Waals surface area (Å²) in [6, 6.07) is 20.0. The summed E-state index contributed by atoms with van der Waals surface area (Å²) in [6.45, 7) is 5.61. The Kier molecular flexibility index (Phi) is 5.85.